The second-order valence-electron chi connectivity index (χ2n) is 13.3. The van der Waals surface area contributed by atoms with Crippen LogP contribution in [0.15, 0.2) is 156 Å². The number of benzene rings is 7. The Bertz CT molecular complexity index is 2690. The fourth-order valence-corrected chi connectivity index (χ4v) is 8.11. The summed E-state index contributed by atoms with van der Waals surface area (Å²) in [7, 11) is 0. The van der Waals surface area contributed by atoms with Crippen molar-refractivity contribution in [1.82, 2.24) is 4.57 Å². The summed E-state index contributed by atoms with van der Waals surface area (Å²) in [6.07, 6.45) is 0. The molecule has 2 nitrogen and oxygen atoms in total. The lowest BCUT2D eigenvalue weighted by atomic mass is 9.82. The highest BCUT2D eigenvalue weighted by atomic mass is 16.3. The van der Waals surface area contributed by atoms with Crippen molar-refractivity contribution in [2.75, 3.05) is 0 Å². The Labute approximate surface area is 273 Å². The second kappa shape index (κ2) is 9.57. The Kier molecular flexibility index (Phi) is 5.37. The third-order valence-electron chi connectivity index (χ3n) is 10.4. The molecule has 0 aliphatic heterocycles. The van der Waals surface area contributed by atoms with Gasteiger partial charge in [-0.2, -0.15) is 0 Å². The summed E-state index contributed by atoms with van der Waals surface area (Å²) in [5.74, 6) is 0. The van der Waals surface area contributed by atoms with Gasteiger partial charge in [-0.15, -0.1) is 0 Å². The Hall–Kier alpha value is -5.86. The number of hydrogen-bond acceptors (Lipinski definition) is 1. The van der Waals surface area contributed by atoms with Crippen LogP contribution in [0.5, 0.6) is 0 Å². The summed E-state index contributed by atoms with van der Waals surface area (Å²) in [6.45, 7) is 4.64. The minimum absolute atomic E-state index is 0.0698. The van der Waals surface area contributed by atoms with E-state index in [-0.39, 0.29) is 5.41 Å². The van der Waals surface area contributed by atoms with Crippen LogP contribution in [-0.2, 0) is 5.41 Å². The Balaban J connectivity index is 1.19. The maximum atomic E-state index is 6.60. The fourth-order valence-electron chi connectivity index (χ4n) is 8.11. The van der Waals surface area contributed by atoms with Gasteiger partial charge in [0, 0.05) is 32.6 Å². The molecule has 10 rings (SSSR count). The zero-order valence-corrected chi connectivity index (χ0v) is 26.3. The molecule has 0 N–H and O–H groups in total. The van der Waals surface area contributed by atoms with Crippen LogP contribution in [0.2, 0.25) is 0 Å². The smallest absolute Gasteiger partial charge is 0.136 e. The highest BCUT2D eigenvalue weighted by molar-refractivity contribution is 6.16. The van der Waals surface area contributed by atoms with Gasteiger partial charge in [-0.25, -0.2) is 0 Å². The topological polar surface area (TPSA) is 18.1 Å². The van der Waals surface area contributed by atoms with E-state index in [1.807, 2.05) is 0 Å². The first-order chi connectivity index (χ1) is 23.1. The number of nitrogens with zero attached hydrogens (tertiary/aromatic N) is 1. The van der Waals surface area contributed by atoms with Crippen LogP contribution in [0.3, 0.4) is 0 Å². The first-order valence-electron chi connectivity index (χ1n) is 16.4. The van der Waals surface area contributed by atoms with Crippen molar-refractivity contribution in [3.8, 4) is 39.1 Å². The first kappa shape index (κ1) is 26.4. The summed E-state index contributed by atoms with van der Waals surface area (Å²) in [5, 5.41) is 4.84. The summed E-state index contributed by atoms with van der Waals surface area (Å²) in [5.41, 5.74) is 15.5. The van der Waals surface area contributed by atoms with Gasteiger partial charge in [0.15, 0.2) is 0 Å². The molecule has 0 saturated carbocycles. The maximum absolute atomic E-state index is 6.60. The number of rotatable bonds is 3. The van der Waals surface area contributed by atoms with Crippen LogP contribution in [0.4, 0.5) is 0 Å². The van der Waals surface area contributed by atoms with E-state index in [9.17, 15) is 0 Å². The standard InChI is InChI=1S/C45H31NO/c1-45(2)38-16-8-6-13-33(38)36-26-37-43(27-39(36)45)47-42-18-10-15-32(44(37)42)30-21-24-35-34-14-7-9-17-40(34)46(41(35)25-30)31-22-19-29(20-23-31)28-11-4-3-5-12-28/h3-27H,1-2H3. The number of aromatic nitrogens is 1. The van der Waals surface area contributed by atoms with Gasteiger partial charge in [0.1, 0.15) is 11.2 Å². The van der Waals surface area contributed by atoms with Crippen molar-refractivity contribution < 1.29 is 4.42 Å². The van der Waals surface area contributed by atoms with Crippen molar-refractivity contribution in [3.63, 3.8) is 0 Å². The van der Waals surface area contributed by atoms with E-state index in [1.165, 1.54) is 77.1 Å². The van der Waals surface area contributed by atoms with Crippen molar-refractivity contribution in [3.05, 3.63) is 163 Å². The van der Waals surface area contributed by atoms with Gasteiger partial charge < -0.3 is 8.98 Å². The molecule has 0 saturated heterocycles. The molecule has 2 heteroatoms. The molecular formula is C45H31NO. The summed E-state index contributed by atoms with van der Waals surface area (Å²) < 4.78 is 9.01. The number of fused-ring (bicyclic) bond motifs is 9. The van der Waals surface area contributed by atoms with E-state index in [0.717, 1.165) is 16.9 Å². The predicted molar refractivity (Wildman–Crippen MR) is 196 cm³/mol. The molecule has 2 aromatic heterocycles. The lowest BCUT2D eigenvalue weighted by Gasteiger charge is -2.21. The zero-order valence-electron chi connectivity index (χ0n) is 26.3. The Morgan fingerprint density at radius 2 is 1.15 bits per heavy atom. The molecule has 1 aliphatic carbocycles. The summed E-state index contributed by atoms with van der Waals surface area (Å²) in [4.78, 5) is 0. The van der Waals surface area contributed by atoms with Gasteiger partial charge >= 0.3 is 0 Å². The van der Waals surface area contributed by atoms with Crippen molar-refractivity contribution in [2.24, 2.45) is 0 Å². The molecule has 9 aromatic rings. The van der Waals surface area contributed by atoms with E-state index < -0.39 is 0 Å². The van der Waals surface area contributed by atoms with E-state index in [4.69, 9.17) is 4.42 Å². The van der Waals surface area contributed by atoms with Crippen molar-refractivity contribution >= 4 is 43.7 Å². The molecule has 222 valence electrons. The van der Waals surface area contributed by atoms with E-state index in [1.54, 1.807) is 0 Å². The monoisotopic (exact) mass is 601 g/mol. The minimum Gasteiger partial charge on any atom is -0.456 e. The van der Waals surface area contributed by atoms with Gasteiger partial charge in [-0.3, -0.25) is 0 Å². The third kappa shape index (κ3) is 3.73. The molecule has 0 atom stereocenters. The SMILES string of the molecule is CC1(C)c2ccccc2-c2cc3c(cc21)oc1cccc(-c2ccc4c5ccccc5n(-c5ccc(-c6ccccc6)cc5)c4c2)c13. The molecule has 0 spiro atoms. The fraction of sp³-hybridized carbons (Fsp3) is 0.0667. The molecule has 1 aliphatic rings. The van der Waals surface area contributed by atoms with Crippen LogP contribution in [0.25, 0.3) is 82.8 Å². The lowest BCUT2D eigenvalue weighted by Crippen LogP contribution is -2.14. The highest BCUT2D eigenvalue weighted by Gasteiger charge is 2.36. The number of para-hydroxylation sites is 1. The average Bonchev–Trinajstić information content (AvgIpc) is 3.73. The average molecular weight is 602 g/mol. The molecule has 0 radical (unpaired) electrons. The van der Waals surface area contributed by atoms with Crippen LogP contribution in [-0.4, -0.2) is 4.57 Å². The third-order valence-corrected chi connectivity index (χ3v) is 10.4. The second-order valence-corrected chi connectivity index (χ2v) is 13.3. The van der Waals surface area contributed by atoms with E-state index >= 15 is 0 Å². The van der Waals surface area contributed by atoms with Crippen molar-refractivity contribution in [1.29, 1.82) is 0 Å². The lowest BCUT2D eigenvalue weighted by molar-refractivity contribution is 0.647. The van der Waals surface area contributed by atoms with Gasteiger partial charge in [0.25, 0.3) is 0 Å². The Morgan fingerprint density at radius 3 is 2.02 bits per heavy atom. The predicted octanol–water partition coefficient (Wildman–Crippen LogP) is 12.3. The Morgan fingerprint density at radius 1 is 0.447 bits per heavy atom. The van der Waals surface area contributed by atoms with Crippen LogP contribution in [0.1, 0.15) is 25.0 Å². The molecule has 2 heterocycles. The zero-order chi connectivity index (χ0) is 31.3. The van der Waals surface area contributed by atoms with Gasteiger partial charge in [0.2, 0.25) is 0 Å². The molecule has 0 unspecified atom stereocenters. The molecule has 0 amide bonds. The highest BCUT2D eigenvalue weighted by Crippen LogP contribution is 2.51. The van der Waals surface area contributed by atoms with Gasteiger partial charge in [0.05, 0.1) is 11.0 Å². The maximum Gasteiger partial charge on any atom is 0.136 e. The van der Waals surface area contributed by atoms with Gasteiger partial charge in [-0.05, 0) is 87.0 Å². The minimum atomic E-state index is -0.0698. The van der Waals surface area contributed by atoms with Crippen LogP contribution < -0.4 is 0 Å². The van der Waals surface area contributed by atoms with Crippen LogP contribution in [0, 0.1) is 0 Å². The number of hydrogen-bond donors (Lipinski definition) is 0. The van der Waals surface area contributed by atoms with E-state index in [0.29, 0.717) is 0 Å². The molecule has 47 heavy (non-hydrogen) atoms. The number of furan rings is 1. The summed E-state index contributed by atoms with van der Waals surface area (Å²) in [6, 6.07) is 55.1. The first-order valence-corrected chi connectivity index (χ1v) is 16.4. The molecular weight excluding hydrogens is 571 g/mol. The van der Waals surface area contributed by atoms with E-state index in [2.05, 4.69) is 170 Å². The summed E-state index contributed by atoms with van der Waals surface area (Å²) >= 11 is 0. The normalized spacial score (nSPS) is 13.5. The van der Waals surface area contributed by atoms with Crippen molar-refractivity contribution in [2.45, 2.75) is 19.3 Å². The molecule has 0 fully saturated rings. The largest absolute Gasteiger partial charge is 0.456 e. The quantitative estimate of drug-likeness (QED) is 0.197. The van der Waals surface area contributed by atoms with Crippen LogP contribution >= 0.6 is 0 Å². The van der Waals surface area contributed by atoms with Gasteiger partial charge in [-0.1, -0.05) is 123 Å². The molecule has 0 bridgehead atoms. The molecule has 7 aromatic carbocycles.